The lowest BCUT2D eigenvalue weighted by Gasteiger charge is -2.17. The third kappa shape index (κ3) is 2.29. The highest BCUT2D eigenvalue weighted by atomic mass is 19.1. The van der Waals surface area contributed by atoms with Gasteiger partial charge in [-0.2, -0.15) is 0 Å². The number of hydrogen-bond donors (Lipinski definition) is 3. The van der Waals surface area contributed by atoms with Crippen molar-refractivity contribution in [3.8, 4) is 5.75 Å². The Morgan fingerprint density at radius 2 is 2.12 bits per heavy atom. The maximum Gasteiger partial charge on any atom is 0.249 e. The molecule has 1 rings (SSSR count). The van der Waals surface area contributed by atoms with E-state index in [0.29, 0.717) is 0 Å². The van der Waals surface area contributed by atoms with Gasteiger partial charge in [-0.1, -0.05) is 12.1 Å². The lowest BCUT2D eigenvalue weighted by Crippen LogP contribution is -2.34. The number of primary amides is 1. The summed E-state index contributed by atoms with van der Waals surface area (Å²) in [6, 6.07) is 3.79. The number of ether oxygens (including phenoxy) is 1. The largest absolute Gasteiger partial charge is 0.493 e. The first kappa shape index (κ1) is 12.4. The molecule has 6 heteroatoms. The Kier molecular flexibility index (Phi) is 3.81. The van der Waals surface area contributed by atoms with Crippen LogP contribution in [-0.2, 0) is 4.79 Å². The number of rotatable bonds is 4. The van der Waals surface area contributed by atoms with Crippen LogP contribution < -0.4 is 10.5 Å². The number of methoxy groups -OCH3 is 1. The summed E-state index contributed by atoms with van der Waals surface area (Å²) in [6.45, 7) is 0. The SMILES string of the molecule is COc1c(F)cccc1C(O)C(O)C(N)=O. The number of hydrogen-bond acceptors (Lipinski definition) is 4. The van der Waals surface area contributed by atoms with Gasteiger partial charge in [-0.25, -0.2) is 4.39 Å². The van der Waals surface area contributed by atoms with E-state index in [1.165, 1.54) is 19.2 Å². The van der Waals surface area contributed by atoms with Gasteiger partial charge in [0.25, 0.3) is 0 Å². The zero-order valence-corrected chi connectivity index (χ0v) is 8.55. The van der Waals surface area contributed by atoms with Crippen molar-refractivity contribution in [2.24, 2.45) is 5.73 Å². The Morgan fingerprint density at radius 3 is 2.62 bits per heavy atom. The van der Waals surface area contributed by atoms with E-state index < -0.39 is 23.9 Å². The second kappa shape index (κ2) is 4.91. The van der Waals surface area contributed by atoms with E-state index in [4.69, 9.17) is 10.5 Å². The van der Waals surface area contributed by atoms with Gasteiger partial charge in [0.1, 0.15) is 6.10 Å². The molecule has 1 amide bonds. The third-order valence-corrected chi connectivity index (χ3v) is 2.11. The minimum atomic E-state index is -1.81. The highest BCUT2D eigenvalue weighted by Gasteiger charge is 2.27. The molecule has 0 aliphatic rings. The van der Waals surface area contributed by atoms with E-state index in [1.807, 2.05) is 0 Å². The lowest BCUT2D eigenvalue weighted by molar-refractivity contribution is -0.132. The number of carbonyl (C=O) groups is 1. The molecule has 5 nitrogen and oxygen atoms in total. The molecule has 0 bridgehead atoms. The Labute approximate surface area is 91.3 Å². The Balaban J connectivity index is 3.12. The van der Waals surface area contributed by atoms with Crippen LogP contribution in [0.5, 0.6) is 5.75 Å². The van der Waals surface area contributed by atoms with Crippen molar-refractivity contribution in [3.05, 3.63) is 29.6 Å². The molecule has 0 fully saturated rings. The second-order valence-electron chi connectivity index (χ2n) is 3.15. The van der Waals surface area contributed by atoms with Gasteiger partial charge in [-0.15, -0.1) is 0 Å². The smallest absolute Gasteiger partial charge is 0.249 e. The number of amides is 1. The van der Waals surface area contributed by atoms with Gasteiger partial charge in [0.2, 0.25) is 5.91 Å². The summed E-state index contributed by atoms with van der Waals surface area (Å²) in [7, 11) is 1.21. The molecule has 1 aromatic carbocycles. The molecule has 0 spiro atoms. The Morgan fingerprint density at radius 1 is 1.50 bits per heavy atom. The first-order valence-electron chi connectivity index (χ1n) is 4.47. The van der Waals surface area contributed by atoms with E-state index in [0.717, 1.165) is 6.07 Å². The molecule has 0 saturated carbocycles. The molecular formula is C10H12FNO4. The van der Waals surface area contributed by atoms with Crippen LogP contribution in [0.2, 0.25) is 0 Å². The highest BCUT2D eigenvalue weighted by molar-refractivity contribution is 5.79. The summed E-state index contributed by atoms with van der Waals surface area (Å²) in [4.78, 5) is 10.7. The van der Waals surface area contributed by atoms with Crippen LogP contribution >= 0.6 is 0 Å². The van der Waals surface area contributed by atoms with Crippen LogP contribution in [0.15, 0.2) is 18.2 Å². The number of nitrogens with two attached hydrogens (primary N) is 1. The average molecular weight is 229 g/mol. The zero-order chi connectivity index (χ0) is 12.3. The number of aliphatic hydroxyl groups is 2. The van der Waals surface area contributed by atoms with E-state index >= 15 is 0 Å². The minimum Gasteiger partial charge on any atom is -0.493 e. The molecule has 88 valence electrons. The fraction of sp³-hybridized carbons (Fsp3) is 0.300. The molecular weight excluding hydrogens is 217 g/mol. The molecule has 16 heavy (non-hydrogen) atoms. The maximum absolute atomic E-state index is 13.2. The molecule has 0 saturated heterocycles. The number of para-hydroxylation sites is 1. The standard InChI is InChI=1S/C10H12FNO4/c1-16-9-5(3-2-4-6(9)11)7(13)8(14)10(12)15/h2-4,7-8,13-14H,1H3,(H2,12,15). The van der Waals surface area contributed by atoms with Gasteiger partial charge >= 0.3 is 0 Å². The monoisotopic (exact) mass is 229 g/mol. The minimum absolute atomic E-state index is 0.0335. The molecule has 4 N–H and O–H groups in total. The Bertz CT molecular complexity index is 396. The summed E-state index contributed by atoms with van der Waals surface area (Å²) in [6.07, 6.45) is -3.43. The van der Waals surface area contributed by atoms with E-state index in [1.54, 1.807) is 0 Å². The van der Waals surface area contributed by atoms with Gasteiger partial charge in [0, 0.05) is 5.56 Å². The Hall–Kier alpha value is -1.66. The van der Waals surface area contributed by atoms with E-state index in [-0.39, 0.29) is 11.3 Å². The first-order chi connectivity index (χ1) is 7.49. The van der Waals surface area contributed by atoms with Crippen molar-refractivity contribution in [1.29, 1.82) is 0 Å². The van der Waals surface area contributed by atoms with Crippen LogP contribution in [0.3, 0.4) is 0 Å². The lowest BCUT2D eigenvalue weighted by atomic mass is 10.0. The number of aliphatic hydroxyl groups excluding tert-OH is 2. The van der Waals surface area contributed by atoms with Crippen molar-refractivity contribution in [3.63, 3.8) is 0 Å². The van der Waals surface area contributed by atoms with Crippen molar-refractivity contribution < 1.29 is 24.1 Å². The number of carbonyl (C=O) groups excluding carboxylic acids is 1. The summed E-state index contributed by atoms with van der Waals surface area (Å²) in [5.41, 5.74) is 4.79. The van der Waals surface area contributed by atoms with Crippen LogP contribution in [0, 0.1) is 5.82 Å². The third-order valence-electron chi connectivity index (χ3n) is 2.11. The van der Waals surface area contributed by atoms with Gasteiger partial charge in [-0.05, 0) is 6.07 Å². The van der Waals surface area contributed by atoms with Crippen LogP contribution in [0.25, 0.3) is 0 Å². The quantitative estimate of drug-likeness (QED) is 0.661. The molecule has 0 heterocycles. The van der Waals surface area contributed by atoms with Crippen LogP contribution in [0.4, 0.5) is 4.39 Å². The predicted octanol–water partition coefficient (Wildman–Crippen LogP) is -0.286. The van der Waals surface area contributed by atoms with Gasteiger partial charge in [-0.3, -0.25) is 4.79 Å². The van der Waals surface area contributed by atoms with E-state index in [2.05, 4.69) is 0 Å². The second-order valence-corrected chi connectivity index (χ2v) is 3.15. The normalized spacial score (nSPS) is 14.2. The topological polar surface area (TPSA) is 92.8 Å². The van der Waals surface area contributed by atoms with Gasteiger partial charge in [0.15, 0.2) is 17.7 Å². The van der Waals surface area contributed by atoms with Crippen LogP contribution in [0.1, 0.15) is 11.7 Å². The fourth-order valence-electron chi connectivity index (χ4n) is 1.30. The molecule has 0 radical (unpaired) electrons. The van der Waals surface area contributed by atoms with Crippen molar-refractivity contribution in [2.45, 2.75) is 12.2 Å². The maximum atomic E-state index is 13.2. The highest BCUT2D eigenvalue weighted by Crippen LogP contribution is 2.29. The predicted molar refractivity (Wildman–Crippen MR) is 53.1 cm³/mol. The molecule has 0 aliphatic heterocycles. The number of halogens is 1. The summed E-state index contributed by atoms with van der Waals surface area (Å²) < 4.78 is 18.0. The molecule has 2 unspecified atom stereocenters. The van der Waals surface area contributed by atoms with E-state index in [9.17, 15) is 19.4 Å². The van der Waals surface area contributed by atoms with Crippen molar-refractivity contribution >= 4 is 5.91 Å². The zero-order valence-electron chi connectivity index (χ0n) is 8.55. The number of benzene rings is 1. The molecule has 2 atom stereocenters. The molecule has 0 aliphatic carbocycles. The van der Waals surface area contributed by atoms with Gasteiger partial charge < -0.3 is 20.7 Å². The molecule has 0 aromatic heterocycles. The average Bonchev–Trinajstić information content (AvgIpc) is 2.26. The van der Waals surface area contributed by atoms with Crippen molar-refractivity contribution in [2.75, 3.05) is 7.11 Å². The fourth-order valence-corrected chi connectivity index (χ4v) is 1.30. The summed E-state index contributed by atoms with van der Waals surface area (Å²) in [5.74, 6) is -2.02. The van der Waals surface area contributed by atoms with Crippen molar-refractivity contribution in [1.82, 2.24) is 0 Å². The first-order valence-corrected chi connectivity index (χ1v) is 4.47. The van der Waals surface area contributed by atoms with Crippen LogP contribution in [-0.4, -0.2) is 29.3 Å². The van der Waals surface area contributed by atoms with Gasteiger partial charge in [0.05, 0.1) is 7.11 Å². The summed E-state index contributed by atoms with van der Waals surface area (Å²) in [5, 5.41) is 18.9. The summed E-state index contributed by atoms with van der Waals surface area (Å²) >= 11 is 0. The molecule has 1 aromatic rings.